The number of ether oxygens (including phenoxy) is 2. The van der Waals surface area contributed by atoms with E-state index < -0.39 is 11.6 Å². The number of halogens is 2. The fraction of sp³-hybridized carbons (Fsp3) is 0.444. The smallest absolute Gasteiger partial charge is 0.228 e. The van der Waals surface area contributed by atoms with Crippen LogP contribution in [-0.4, -0.2) is 69.2 Å². The molecule has 11 heteroatoms. The summed E-state index contributed by atoms with van der Waals surface area (Å²) in [6, 6.07) is 5.35. The average Bonchev–Trinajstić information content (AvgIpc) is 3.42. The summed E-state index contributed by atoms with van der Waals surface area (Å²) in [5.41, 5.74) is 2.73. The van der Waals surface area contributed by atoms with Gasteiger partial charge in [0.2, 0.25) is 5.95 Å². The monoisotopic (exact) mass is 525 g/mol. The molecule has 5 heterocycles. The number of hydrogen-bond donors (Lipinski definition) is 0. The predicted molar refractivity (Wildman–Crippen MR) is 141 cm³/mol. The van der Waals surface area contributed by atoms with Crippen molar-refractivity contribution in [3.05, 3.63) is 59.7 Å². The van der Waals surface area contributed by atoms with Gasteiger partial charge in [0.15, 0.2) is 5.65 Å². The van der Waals surface area contributed by atoms with Gasteiger partial charge < -0.3 is 14.4 Å². The van der Waals surface area contributed by atoms with Crippen molar-refractivity contribution in [1.82, 2.24) is 29.7 Å². The van der Waals surface area contributed by atoms with Crippen molar-refractivity contribution in [2.75, 3.05) is 44.4 Å². The zero-order valence-corrected chi connectivity index (χ0v) is 22.2. The first kappa shape index (κ1) is 27.5. The molecule has 4 aromatic rings. The third-order valence-corrected chi connectivity index (χ3v) is 6.12. The van der Waals surface area contributed by atoms with Crippen LogP contribution in [-0.2, 0) is 16.0 Å². The van der Waals surface area contributed by atoms with E-state index in [2.05, 4.69) is 25.0 Å². The molecule has 0 bridgehead atoms. The van der Waals surface area contributed by atoms with Gasteiger partial charge in [-0.05, 0) is 32.0 Å². The van der Waals surface area contributed by atoms with Gasteiger partial charge in [-0.2, -0.15) is 10.1 Å². The minimum absolute atomic E-state index is 0.172. The SMILES string of the molecule is CC.Cc1nc2nc(N3CCOCC3)nc(-c3ccc(F)cc3F)c2nc1C.c1cnn(CC2COC2)c1. The van der Waals surface area contributed by atoms with Crippen LogP contribution in [0.2, 0.25) is 0 Å². The van der Waals surface area contributed by atoms with E-state index in [9.17, 15) is 8.78 Å². The van der Waals surface area contributed by atoms with E-state index in [1.54, 1.807) is 6.20 Å². The zero-order chi connectivity index (χ0) is 27.1. The van der Waals surface area contributed by atoms with Crippen molar-refractivity contribution in [3.8, 4) is 11.3 Å². The standard InChI is InChI=1S/C18H17F2N5O.C7H10N2O.C2H6/c1-10-11(2)22-17-16(21-10)15(13-4-3-12(19)9-14(13)20)23-18(24-17)25-5-7-26-8-6-25;1-2-8-9(3-1)4-7-5-10-6-7;1-2/h3-4,9H,5-8H2,1-2H3;1-3,7H,4-6H2;1-2H3. The molecular weight excluding hydrogens is 492 g/mol. The molecule has 0 amide bonds. The lowest BCUT2D eigenvalue weighted by Gasteiger charge is -2.27. The van der Waals surface area contributed by atoms with Crippen molar-refractivity contribution >= 4 is 17.1 Å². The van der Waals surface area contributed by atoms with Crippen molar-refractivity contribution in [2.45, 2.75) is 34.2 Å². The van der Waals surface area contributed by atoms with Crippen LogP contribution in [0.4, 0.5) is 14.7 Å². The second-order valence-electron chi connectivity index (χ2n) is 8.79. The lowest BCUT2D eigenvalue weighted by Crippen LogP contribution is -2.37. The Bertz CT molecular complexity index is 1340. The Morgan fingerprint density at radius 3 is 2.32 bits per heavy atom. The number of aryl methyl sites for hydroxylation is 2. The van der Waals surface area contributed by atoms with E-state index >= 15 is 0 Å². The molecule has 0 aliphatic carbocycles. The predicted octanol–water partition coefficient (Wildman–Crippen LogP) is 4.37. The fourth-order valence-corrected chi connectivity index (χ4v) is 3.94. The first-order valence-corrected chi connectivity index (χ1v) is 12.8. The van der Waals surface area contributed by atoms with Crippen LogP contribution >= 0.6 is 0 Å². The summed E-state index contributed by atoms with van der Waals surface area (Å²) in [4.78, 5) is 20.0. The van der Waals surface area contributed by atoms with Gasteiger partial charge >= 0.3 is 0 Å². The third-order valence-electron chi connectivity index (χ3n) is 6.12. The summed E-state index contributed by atoms with van der Waals surface area (Å²) in [6.07, 6.45) is 3.79. The third kappa shape index (κ3) is 6.46. The summed E-state index contributed by atoms with van der Waals surface area (Å²) in [5, 5.41) is 4.10. The second kappa shape index (κ2) is 12.8. The van der Waals surface area contributed by atoms with E-state index in [1.165, 1.54) is 12.1 Å². The van der Waals surface area contributed by atoms with Gasteiger partial charge in [-0.15, -0.1) is 0 Å². The highest BCUT2D eigenvalue weighted by Crippen LogP contribution is 2.29. The zero-order valence-electron chi connectivity index (χ0n) is 22.2. The van der Waals surface area contributed by atoms with Crippen LogP contribution in [0.5, 0.6) is 0 Å². The van der Waals surface area contributed by atoms with Crippen molar-refractivity contribution in [1.29, 1.82) is 0 Å². The number of hydrogen-bond acceptors (Lipinski definition) is 8. The molecular formula is C27H33F2N7O2. The molecule has 2 saturated heterocycles. The van der Waals surface area contributed by atoms with Gasteiger partial charge in [-0.3, -0.25) is 4.68 Å². The van der Waals surface area contributed by atoms with Crippen LogP contribution in [0.3, 0.4) is 0 Å². The summed E-state index contributed by atoms with van der Waals surface area (Å²) in [6.45, 7) is 12.9. The summed E-state index contributed by atoms with van der Waals surface area (Å²) < 4.78 is 40.1. The number of morpholine rings is 1. The molecule has 6 rings (SSSR count). The van der Waals surface area contributed by atoms with Gasteiger partial charge in [0.05, 0.1) is 37.8 Å². The first-order valence-electron chi connectivity index (χ1n) is 12.8. The van der Waals surface area contributed by atoms with E-state index in [0.717, 1.165) is 31.5 Å². The Morgan fingerprint density at radius 1 is 0.947 bits per heavy atom. The molecule has 0 radical (unpaired) electrons. The molecule has 2 aliphatic heterocycles. The number of benzene rings is 1. The molecule has 1 aromatic carbocycles. The molecule has 0 spiro atoms. The Morgan fingerprint density at radius 2 is 1.68 bits per heavy atom. The molecule has 0 N–H and O–H groups in total. The number of aromatic nitrogens is 6. The molecule has 0 saturated carbocycles. The Kier molecular flexibility index (Phi) is 9.24. The van der Waals surface area contributed by atoms with Gasteiger partial charge in [-0.25, -0.2) is 23.7 Å². The number of nitrogens with zero attached hydrogens (tertiary/aromatic N) is 7. The Hall–Kier alpha value is -3.57. The van der Waals surface area contributed by atoms with Gasteiger partial charge in [0.1, 0.15) is 22.8 Å². The minimum atomic E-state index is -0.696. The van der Waals surface area contributed by atoms with E-state index in [-0.39, 0.29) is 5.56 Å². The minimum Gasteiger partial charge on any atom is -0.381 e. The maximum absolute atomic E-state index is 14.4. The molecule has 0 atom stereocenters. The van der Waals surface area contributed by atoms with Crippen LogP contribution in [0, 0.1) is 31.4 Å². The molecule has 0 unspecified atom stereocenters. The van der Waals surface area contributed by atoms with E-state index in [4.69, 9.17) is 9.47 Å². The molecule has 2 aliphatic rings. The average molecular weight is 526 g/mol. The van der Waals surface area contributed by atoms with Crippen LogP contribution < -0.4 is 4.90 Å². The highest BCUT2D eigenvalue weighted by Gasteiger charge is 2.21. The Labute approximate surface area is 220 Å². The number of anilines is 1. The van der Waals surface area contributed by atoms with Gasteiger partial charge in [0, 0.05) is 49.6 Å². The normalized spacial score (nSPS) is 15.3. The first-order chi connectivity index (χ1) is 18.5. The van der Waals surface area contributed by atoms with E-state index in [1.807, 2.05) is 49.5 Å². The largest absolute Gasteiger partial charge is 0.381 e. The van der Waals surface area contributed by atoms with Crippen molar-refractivity contribution < 1.29 is 18.3 Å². The van der Waals surface area contributed by atoms with E-state index in [0.29, 0.717) is 60.7 Å². The molecule has 202 valence electrons. The van der Waals surface area contributed by atoms with Crippen LogP contribution in [0.15, 0.2) is 36.7 Å². The highest BCUT2D eigenvalue weighted by molar-refractivity contribution is 5.88. The fourth-order valence-electron chi connectivity index (χ4n) is 3.94. The quantitative estimate of drug-likeness (QED) is 0.388. The van der Waals surface area contributed by atoms with Gasteiger partial charge in [0.25, 0.3) is 0 Å². The molecule has 38 heavy (non-hydrogen) atoms. The van der Waals surface area contributed by atoms with Crippen LogP contribution in [0.25, 0.3) is 22.4 Å². The summed E-state index contributed by atoms with van der Waals surface area (Å²) >= 11 is 0. The molecule has 9 nitrogen and oxygen atoms in total. The van der Waals surface area contributed by atoms with Crippen LogP contribution in [0.1, 0.15) is 25.2 Å². The lowest BCUT2D eigenvalue weighted by molar-refractivity contribution is -0.0408. The van der Waals surface area contributed by atoms with Crippen molar-refractivity contribution in [2.24, 2.45) is 5.92 Å². The number of fused-ring (bicyclic) bond motifs is 1. The Balaban J connectivity index is 0.000000233. The molecule has 3 aromatic heterocycles. The van der Waals surface area contributed by atoms with Crippen molar-refractivity contribution in [3.63, 3.8) is 0 Å². The molecule has 2 fully saturated rings. The maximum Gasteiger partial charge on any atom is 0.228 e. The highest BCUT2D eigenvalue weighted by atomic mass is 19.1. The maximum atomic E-state index is 14.4. The second-order valence-corrected chi connectivity index (χ2v) is 8.79. The summed E-state index contributed by atoms with van der Waals surface area (Å²) in [5.74, 6) is -0.203. The van der Waals surface area contributed by atoms with Gasteiger partial charge in [-0.1, -0.05) is 13.8 Å². The number of rotatable bonds is 4. The lowest BCUT2D eigenvalue weighted by atomic mass is 10.1. The topological polar surface area (TPSA) is 91.1 Å². The summed E-state index contributed by atoms with van der Waals surface area (Å²) in [7, 11) is 0.